The molecule has 1 saturated heterocycles. The lowest BCUT2D eigenvalue weighted by atomic mass is 10.1. The van der Waals surface area contributed by atoms with Crippen molar-refractivity contribution in [3.05, 3.63) is 59.7 Å². The van der Waals surface area contributed by atoms with E-state index in [-0.39, 0.29) is 24.0 Å². The molecule has 0 spiro atoms. The zero-order valence-corrected chi connectivity index (χ0v) is 17.0. The molecule has 0 atom stereocenters. The van der Waals surface area contributed by atoms with Crippen LogP contribution in [0.5, 0.6) is 0 Å². The van der Waals surface area contributed by atoms with Gasteiger partial charge in [0.15, 0.2) is 11.6 Å². The molecule has 0 radical (unpaired) electrons. The van der Waals surface area contributed by atoms with E-state index in [4.69, 9.17) is 0 Å². The first kappa shape index (κ1) is 21.9. The van der Waals surface area contributed by atoms with Crippen molar-refractivity contribution in [2.75, 3.05) is 49.9 Å². The topological polar surface area (TPSA) is 64.7 Å². The van der Waals surface area contributed by atoms with E-state index in [2.05, 4.69) is 10.6 Å². The van der Waals surface area contributed by atoms with Crippen molar-refractivity contribution in [2.45, 2.75) is 13.3 Å². The van der Waals surface area contributed by atoms with Gasteiger partial charge in [0.05, 0.1) is 13.1 Å². The number of benzene rings is 2. The van der Waals surface area contributed by atoms with Crippen LogP contribution in [0.2, 0.25) is 0 Å². The van der Waals surface area contributed by atoms with Crippen molar-refractivity contribution < 1.29 is 18.4 Å². The smallest absolute Gasteiger partial charge is 0.238 e. The molecule has 30 heavy (non-hydrogen) atoms. The molecule has 1 fully saturated rings. The number of nitrogens with one attached hydrogen (secondary N) is 2. The van der Waals surface area contributed by atoms with Gasteiger partial charge in [-0.05, 0) is 30.2 Å². The molecule has 1 aliphatic rings. The van der Waals surface area contributed by atoms with Crippen molar-refractivity contribution in [3.63, 3.8) is 0 Å². The molecule has 8 heteroatoms. The molecule has 0 aliphatic carbocycles. The van der Waals surface area contributed by atoms with Gasteiger partial charge in [-0.2, -0.15) is 0 Å². The fraction of sp³-hybridized carbons (Fsp3) is 0.364. The molecule has 2 amide bonds. The van der Waals surface area contributed by atoms with Crippen LogP contribution in [0.15, 0.2) is 42.5 Å². The van der Waals surface area contributed by atoms with Crippen molar-refractivity contribution in [1.29, 1.82) is 0 Å². The molecule has 0 aromatic heterocycles. The van der Waals surface area contributed by atoms with Crippen LogP contribution < -0.4 is 10.6 Å². The van der Waals surface area contributed by atoms with Gasteiger partial charge in [0.2, 0.25) is 11.8 Å². The molecule has 2 aromatic carbocycles. The molecule has 160 valence electrons. The molecule has 0 bridgehead atoms. The Kier molecular flexibility index (Phi) is 7.48. The van der Waals surface area contributed by atoms with E-state index in [1.165, 1.54) is 6.07 Å². The van der Waals surface area contributed by atoms with Gasteiger partial charge in [0, 0.05) is 43.6 Å². The summed E-state index contributed by atoms with van der Waals surface area (Å²) in [5, 5.41) is 5.55. The minimum atomic E-state index is -0.999. The Labute approximate surface area is 174 Å². The summed E-state index contributed by atoms with van der Waals surface area (Å²) in [5.74, 6) is -2.30. The van der Waals surface area contributed by atoms with Crippen molar-refractivity contribution in [1.82, 2.24) is 9.80 Å². The highest BCUT2D eigenvalue weighted by molar-refractivity contribution is 5.93. The van der Waals surface area contributed by atoms with Gasteiger partial charge in [-0.25, -0.2) is 8.78 Å². The van der Waals surface area contributed by atoms with Crippen LogP contribution in [0.1, 0.15) is 12.5 Å². The predicted molar refractivity (Wildman–Crippen MR) is 112 cm³/mol. The number of aryl methyl sites for hydroxylation is 1. The minimum absolute atomic E-state index is 0.0552. The minimum Gasteiger partial charge on any atom is -0.325 e. The Hall–Kier alpha value is -2.84. The maximum absolute atomic E-state index is 13.2. The second-order valence-electron chi connectivity index (χ2n) is 7.29. The molecule has 1 heterocycles. The Morgan fingerprint density at radius 2 is 1.47 bits per heavy atom. The van der Waals surface area contributed by atoms with Crippen LogP contribution in [0.25, 0.3) is 0 Å². The third-order valence-electron chi connectivity index (χ3n) is 5.08. The number of carbonyl (C=O) groups excluding carboxylic acids is 2. The Morgan fingerprint density at radius 3 is 2.07 bits per heavy atom. The molecular weight excluding hydrogens is 390 g/mol. The Morgan fingerprint density at radius 1 is 0.867 bits per heavy atom. The predicted octanol–water partition coefficient (Wildman–Crippen LogP) is 2.72. The highest BCUT2D eigenvalue weighted by Gasteiger charge is 2.21. The van der Waals surface area contributed by atoms with E-state index < -0.39 is 11.6 Å². The van der Waals surface area contributed by atoms with E-state index in [0.717, 1.165) is 29.8 Å². The number of hydrogen-bond acceptors (Lipinski definition) is 4. The van der Waals surface area contributed by atoms with Gasteiger partial charge in [-0.3, -0.25) is 19.4 Å². The SMILES string of the molecule is CCc1ccccc1NC(=O)CN1CCN(CC(=O)Nc2ccc(F)c(F)c2)CC1. The summed E-state index contributed by atoms with van der Waals surface area (Å²) in [5.41, 5.74) is 2.17. The summed E-state index contributed by atoms with van der Waals surface area (Å²) in [6.45, 7) is 5.12. The third-order valence-corrected chi connectivity index (χ3v) is 5.08. The van der Waals surface area contributed by atoms with Crippen LogP contribution in [-0.2, 0) is 16.0 Å². The van der Waals surface area contributed by atoms with Gasteiger partial charge in [0.1, 0.15) is 0 Å². The standard InChI is InChI=1S/C22H26F2N4O2/c1-2-16-5-3-4-6-20(16)26-22(30)15-28-11-9-27(10-12-28)14-21(29)25-17-7-8-18(23)19(24)13-17/h3-8,13H,2,9-12,14-15H2,1H3,(H,25,29)(H,26,30). The summed E-state index contributed by atoms with van der Waals surface area (Å²) in [4.78, 5) is 28.5. The molecule has 1 aliphatic heterocycles. The average Bonchev–Trinajstić information content (AvgIpc) is 2.72. The number of rotatable bonds is 7. The number of carbonyl (C=O) groups is 2. The number of piperazine rings is 1. The lowest BCUT2D eigenvalue weighted by molar-refractivity contribution is -0.120. The zero-order chi connectivity index (χ0) is 21.5. The van der Waals surface area contributed by atoms with Crippen molar-refractivity contribution in [3.8, 4) is 0 Å². The van der Waals surface area contributed by atoms with Crippen LogP contribution >= 0.6 is 0 Å². The third kappa shape index (κ3) is 6.08. The molecule has 6 nitrogen and oxygen atoms in total. The number of para-hydroxylation sites is 1. The van der Waals surface area contributed by atoms with Crippen LogP contribution in [-0.4, -0.2) is 60.9 Å². The number of hydrogen-bond donors (Lipinski definition) is 2. The molecular formula is C22H26F2N4O2. The zero-order valence-electron chi connectivity index (χ0n) is 17.0. The highest BCUT2D eigenvalue weighted by atomic mass is 19.2. The number of anilines is 2. The first-order chi connectivity index (χ1) is 14.4. The van der Waals surface area contributed by atoms with Gasteiger partial charge in [0.25, 0.3) is 0 Å². The quantitative estimate of drug-likeness (QED) is 0.729. The average molecular weight is 416 g/mol. The largest absolute Gasteiger partial charge is 0.325 e. The molecule has 0 unspecified atom stereocenters. The van der Waals surface area contributed by atoms with Crippen molar-refractivity contribution in [2.24, 2.45) is 0 Å². The number of nitrogens with zero attached hydrogens (tertiary/aromatic N) is 2. The van der Waals surface area contributed by atoms with Gasteiger partial charge in [-0.15, -0.1) is 0 Å². The molecule has 2 aromatic rings. The Balaban J connectivity index is 1.41. The fourth-order valence-electron chi connectivity index (χ4n) is 3.43. The van der Waals surface area contributed by atoms with Crippen molar-refractivity contribution >= 4 is 23.2 Å². The van der Waals surface area contributed by atoms with Gasteiger partial charge >= 0.3 is 0 Å². The second-order valence-corrected chi connectivity index (χ2v) is 7.29. The van der Waals surface area contributed by atoms with Crippen LogP contribution in [0.3, 0.4) is 0 Å². The van der Waals surface area contributed by atoms with E-state index in [1.807, 2.05) is 41.0 Å². The highest BCUT2D eigenvalue weighted by Crippen LogP contribution is 2.16. The van der Waals surface area contributed by atoms with Crippen LogP contribution in [0, 0.1) is 11.6 Å². The summed E-state index contributed by atoms with van der Waals surface area (Å²) in [7, 11) is 0. The molecule has 0 saturated carbocycles. The van der Waals surface area contributed by atoms with E-state index in [0.29, 0.717) is 32.7 Å². The first-order valence-electron chi connectivity index (χ1n) is 10.0. The summed E-state index contributed by atoms with van der Waals surface area (Å²) in [6, 6.07) is 11.0. The van der Waals surface area contributed by atoms with E-state index in [9.17, 15) is 18.4 Å². The lowest BCUT2D eigenvalue weighted by Crippen LogP contribution is -2.50. The van der Waals surface area contributed by atoms with E-state index >= 15 is 0 Å². The summed E-state index contributed by atoms with van der Waals surface area (Å²) >= 11 is 0. The maximum Gasteiger partial charge on any atom is 0.238 e. The summed E-state index contributed by atoms with van der Waals surface area (Å²) < 4.78 is 26.2. The number of halogens is 2. The second kappa shape index (κ2) is 10.3. The lowest BCUT2D eigenvalue weighted by Gasteiger charge is -2.33. The van der Waals surface area contributed by atoms with E-state index in [1.54, 1.807) is 0 Å². The monoisotopic (exact) mass is 416 g/mol. The maximum atomic E-state index is 13.2. The Bertz CT molecular complexity index is 898. The summed E-state index contributed by atoms with van der Waals surface area (Å²) in [6.07, 6.45) is 0.849. The molecule has 3 rings (SSSR count). The molecule has 2 N–H and O–H groups in total. The van der Waals surface area contributed by atoms with Gasteiger partial charge in [-0.1, -0.05) is 25.1 Å². The first-order valence-corrected chi connectivity index (χ1v) is 10.0. The fourth-order valence-corrected chi connectivity index (χ4v) is 3.43. The van der Waals surface area contributed by atoms with Gasteiger partial charge < -0.3 is 10.6 Å². The number of amides is 2. The normalized spacial score (nSPS) is 15.0. The van der Waals surface area contributed by atoms with Crippen LogP contribution in [0.4, 0.5) is 20.2 Å².